The van der Waals surface area contributed by atoms with Crippen molar-refractivity contribution in [1.29, 1.82) is 0 Å². The average Bonchev–Trinajstić information content (AvgIpc) is 3.20. The molecule has 2 fully saturated rings. The van der Waals surface area contributed by atoms with Gasteiger partial charge in [-0.1, -0.05) is 6.92 Å². The fraction of sp³-hybridized carbons (Fsp3) is 0.882. The highest BCUT2D eigenvalue weighted by molar-refractivity contribution is 14.0. The number of aliphatic imine (C=N–C) groups is 1. The van der Waals surface area contributed by atoms with Crippen molar-refractivity contribution in [3.8, 4) is 0 Å². The molecule has 7 heteroatoms. The maximum Gasteiger partial charge on any atom is 0.243 e. The van der Waals surface area contributed by atoms with E-state index in [2.05, 4.69) is 29.1 Å². The van der Waals surface area contributed by atoms with Crippen molar-refractivity contribution in [3.05, 3.63) is 0 Å². The predicted molar refractivity (Wildman–Crippen MR) is 108 cm³/mol. The lowest BCUT2D eigenvalue weighted by atomic mass is 9.91. The Morgan fingerprint density at radius 1 is 1.38 bits per heavy atom. The van der Waals surface area contributed by atoms with Crippen molar-refractivity contribution in [3.63, 3.8) is 0 Å². The van der Waals surface area contributed by atoms with Crippen LogP contribution in [0.1, 0.15) is 33.1 Å². The van der Waals surface area contributed by atoms with Crippen LogP contribution < -0.4 is 5.32 Å². The Morgan fingerprint density at radius 3 is 2.71 bits per heavy atom. The Kier molecular flexibility index (Phi) is 9.33. The summed E-state index contributed by atoms with van der Waals surface area (Å²) in [7, 11) is 3.54. The lowest BCUT2D eigenvalue weighted by Gasteiger charge is -2.26. The topological polar surface area (TPSA) is 57.2 Å². The summed E-state index contributed by atoms with van der Waals surface area (Å²) in [5.74, 6) is 2.29. The molecule has 24 heavy (non-hydrogen) atoms. The van der Waals surface area contributed by atoms with Gasteiger partial charge < -0.3 is 19.9 Å². The molecule has 2 rings (SSSR count). The zero-order valence-corrected chi connectivity index (χ0v) is 17.8. The van der Waals surface area contributed by atoms with E-state index < -0.39 is 0 Å². The molecule has 0 aliphatic carbocycles. The Bertz CT molecular complexity index is 425. The Balaban J connectivity index is 0.00000288. The van der Waals surface area contributed by atoms with Crippen molar-refractivity contribution in [2.24, 2.45) is 16.8 Å². The second kappa shape index (κ2) is 10.4. The number of nitrogens with one attached hydrogen (secondary N) is 1. The number of amides is 1. The standard InChI is InChI=1S/C17H32N4O2.HI/c1-5-13(2)19-17(18-10-16(22)20(3)4)21-8-6-14(11-21)15-7-9-23-12-15;/h13-15H,5-12H2,1-4H3,(H,18,19);1H. The third-order valence-corrected chi connectivity index (χ3v) is 5.01. The maximum atomic E-state index is 11.8. The lowest BCUT2D eigenvalue weighted by Crippen LogP contribution is -2.45. The molecule has 1 N–H and O–H groups in total. The van der Waals surface area contributed by atoms with E-state index in [0.29, 0.717) is 17.9 Å². The fourth-order valence-corrected chi connectivity index (χ4v) is 3.13. The number of hydrogen-bond acceptors (Lipinski definition) is 3. The normalized spacial score (nSPS) is 25.3. The lowest BCUT2D eigenvalue weighted by molar-refractivity contribution is -0.127. The predicted octanol–water partition coefficient (Wildman–Crippen LogP) is 1.80. The average molecular weight is 452 g/mol. The summed E-state index contributed by atoms with van der Waals surface area (Å²) in [4.78, 5) is 20.3. The SMILES string of the molecule is CCC(C)NC(=NCC(=O)N(C)C)N1CCC(C2CCOC2)C1.I. The number of rotatable bonds is 5. The van der Waals surface area contributed by atoms with Gasteiger partial charge in [0, 0.05) is 46.4 Å². The van der Waals surface area contributed by atoms with Crippen LogP contribution in [0.5, 0.6) is 0 Å². The summed E-state index contributed by atoms with van der Waals surface area (Å²) in [6, 6.07) is 0.358. The fourth-order valence-electron chi connectivity index (χ4n) is 3.13. The van der Waals surface area contributed by atoms with Gasteiger partial charge >= 0.3 is 0 Å². The summed E-state index contributed by atoms with van der Waals surface area (Å²) in [6.45, 7) is 8.36. The molecule has 2 aliphatic heterocycles. The van der Waals surface area contributed by atoms with Crippen LogP contribution in [0.15, 0.2) is 4.99 Å². The van der Waals surface area contributed by atoms with E-state index in [-0.39, 0.29) is 36.4 Å². The molecule has 140 valence electrons. The maximum absolute atomic E-state index is 11.8. The minimum Gasteiger partial charge on any atom is -0.381 e. The van der Waals surface area contributed by atoms with Crippen LogP contribution >= 0.6 is 24.0 Å². The van der Waals surface area contributed by atoms with Gasteiger partial charge in [-0.3, -0.25) is 4.79 Å². The molecule has 0 aromatic rings. The van der Waals surface area contributed by atoms with E-state index in [4.69, 9.17) is 4.74 Å². The second-order valence-electron chi connectivity index (χ2n) is 7.00. The molecule has 0 radical (unpaired) electrons. The first-order valence-corrected chi connectivity index (χ1v) is 8.85. The summed E-state index contributed by atoms with van der Waals surface area (Å²) in [5.41, 5.74) is 0. The minimum absolute atomic E-state index is 0. The highest BCUT2D eigenvalue weighted by atomic mass is 127. The molecule has 1 amide bonds. The van der Waals surface area contributed by atoms with Crippen molar-refractivity contribution in [2.45, 2.75) is 39.2 Å². The van der Waals surface area contributed by atoms with E-state index >= 15 is 0 Å². The number of hydrogen-bond donors (Lipinski definition) is 1. The molecule has 0 aromatic carbocycles. The molecule has 0 aromatic heterocycles. The number of carbonyl (C=O) groups excluding carboxylic acids is 1. The molecule has 2 heterocycles. The quantitative estimate of drug-likeness (QED) is 0.393. The molecule has 0 bridgehead atoms. The van der Waals surface area contributed by atoms with Crippen molar-refractivity contribution >= 4 is 35.8 Å². The highest BCUT2D eigenvalue weighted by Crippen LogP contribution is 2.30. The molecular weight excluding hydrogens is 419 g/mol. The summed E-state index contributed by atoms with van der Waals surface area (Å²) in [5, 5.41) is 3.49. The van der Waals surface area contributed by atoms with Crippen molar-refractivity contribution in [1.82, 2.24) is 15.1 Å². The van der Waals surface area contributed by atoms with Gasteiger partial charge in [0.25, 0.3) is 0 Å². The number of halogens is 1. The minimum atomic E-state index is 0. The number of likely N-dealkylation sites (tertiary alicyclic amines) is 1. The van der Waals surface area contributed by atoms with Gasteiger partial charge in [0.05, 0.1) is 0 Å². The van der Waals surface area contributed by atoms with E-state index in [1.807, 2.05) is 0 Å². The monoisotopic (exact) mass is 452 g/mol. The van der Waals surface area contributed by atoms with Gasteiger partial charge in [-0.25, -0.2) is 4.99 Å². The van der Waals surface area contributed by atoms with E-state index in [1.165, 1.54) is 12.8 Å². The molecule has 6 nitrogen and oxygen atoms in total. The van der Waals surface area contributed by atoms with Gasteiger partial charge in [0.1, 0.15) is 6.54 Å². The largest absolute Gasteiger partial charge is 0.381 e. The molecule has 3 atom stereocenters. The van der Waals surface area contributed by atoms with Gasteiger partial charge in [0.15, 0.2) is 5.96 Å². The van der Waals surface area contributed by atoms with Gasteiger partial charge in [-0.15, -0.1) is 24.0 Å². The van der Waals surface area contributed by atoms with E-state index in [9.17, 15) is 4.79 Å². The van der Waals surface area contributed by atoms with E-state index in [1.54, 1.807) is 19.0 Å². The number of likely N-dealkylation sites (N-methyl/N-ethyl adjacent to an activating group) is 1. The number of carbonyl (C=O) groups is 1. The van der Waals surface area contributed by atoms with Crippen molar-refractivity contribution in [2.75, 3.05) is 46.9 Å². The first-order chi connectivity index (χ1) is 11.0. The van der Waals surface area contributed by atoms with Gasteiger partial charge in [-0.2, -0.15) is 0 Å². The smallest absolute Gasteiger partial charge is 0.243 e. The molecule has 2 aliphatic rings. The highest BCUT2D eigenvalue weighted by Gasteiger charge is 2.33. The van der Waals surface area contributed by atoms with Crippen LogP contribution in [0.4, 0.5) is 0 Å². The first-order valence-electron chi connectivity index (χ1n) is 8.85. The van der Waals surface area contributed by atoms with Crippen LogP contribution in [0, 0.1) is 11.8 Å². The molecule has 0 spiro atoms. The summed E-state index contributed by atoms with van der Waals surface area (Å²) in [6.07, 6.45) is 3.41. The number of guanidine groups is 1. The van der Waals surface area contributed by atoms with Crippen LogP contribution in [0.3, 0.4) is 0 Å². The number of nitrogens with zero attached hydrogens (tertiary/aromatic N) is 3. The Hall–Kier alpha value is -0.570. The zero-order chi connectivity index (χ0) is 16.8. The third-order valence-electron chi connectivity index (χ3n) is 5.01. The molecule has 3 unspecified atom stereocenters. The summed E-state index contributed by atoms with van der Waals surface area (Å²) < 4.78 is 5.54. The second-order valence-corrected chi connectivity index (χ2v) is 7.00. The molecule has 2 saturated heterocycles. The van der Waals surface area contributed by atoms with Crippen LogP contribution in [-0.4, -0.2) is 74.7 Å². The third kappa shape index (κ3) is 6.06. The Labute approximate surface area is 163 Å². The van der Waals surface area contributed by atoms with E-state index in [0.717, 1.165) is 38.7 Å². The number of ether oxygens (including phenoxy) is 1. The Morgan fingerprint density at radius 2 is 2.12 bits per heavy atom. The van der Waals surface area contributed by atoms with Gasteiger partial charge in [-0.05, 0) is 38.0 Å². The molecular formula is C17H33IN4O2. The van der Waals surface area contributed by atoms with Crippen LogP contribution in [-0.2, 0) is 9.53 Å². The van der Waals surface area contributed by atoms with Crippen molar-refractivity contribution < 1.29 is 9.53 Å². The summed E-state index contributed by atoms with van der Waals surface area (Å²) >= 11 is 0. The molecule has 0 saturated carbocycles. The van der Waals surface area contributed by atoms with Crippen LogP contribution in [0.2, 0.25) is 0 Å². The zero-order valence-electron chi connectivity index (χ0n) is 15.5. The van der Waals surface area contributed by atoms with Crippen LogP contribution in [0.25, 0.3) is 0 Å². The first kappa shape index (κ1) is 21.5. The van der Waals surface area contributed by atoms with Gasteiger partial charge in [0.2, 0.25) is 5.91 Å².